The van der Waals surface area contributed by atoms with Crippen LogP contribution >= 0.6 is 0 Å². The Balaban J connectivity index is -0.000000717. The number of carboxylic acids is 2. The van der Waals surface area contributed by atoms with E-state index in [9.17, 15) is 9.59 Å². The molecule has 0 aromatic carbocycles. The molecule has 0 aliphatic heterocycles. The Labute approximate surface area is 318 Å². The van der Waals surface area contributed by atoms with Gasteiger partial charge in [0.15, 0.2) is 0 Å². The van der Waals surface area contributed by atoms with Crippen LogP contribution < -0.4 is 0 Å². The van der Waals surface area contributed by atoms with Crippen LogP contribution in [-0.2, 0) is 9.59 Å². The summed E-state index contributed by atoms with van der Waals surface area (Å²) in [6.07, 6.45) is 34.0. The van der Waals surface area contributed by atoms with Crippen LogP contribution in [0.5, 0.6) is 0 Å². The number of aliphatic hydroxyl groups excluding tert-OH is 6. The average Bonchev–Trinajstić information content (AvgIpc) is 3.13. The maximum Gasteiger partial charge on any atom is 0.303 e. The molecule has 0 saturated carbocycles. The highest BCUT2D eigenvalue weighted by Gasteiger charge is 2.29. The molecule has 0 heterocycles. The average molecular weight is 751 g/mol. The van der Waals surface area contributed by atoms with Crippen LogP contribution in [0, 0.1) is 0 Å². The summed E-state index contributed by atoms with van der Waals surface area (Å²) in [5.74, 6) is -1.31. The predicted molar refractivity (Wildman–Crippen MR) is 213 cm³/mol. The van der Waals surface area contributed by atoms with Gasteiger partial charge < -0.3 is 40.9 Å². The summed E-state index contributed by atoms with van der Waals surface area (Å²) in [7, 11) is 0. The molecular formula is C42H86O10. The summed E-state index contributed by atoms with van der Waals surface area (Å²) in [6.45, 7) is 3.09. The first-order valence-corrected chi connectivity index (χ1v) is 21.5. The molecule has 10 heteroatoms. The van der Waals surface area contributed by atoms with Crippen LogP contribution in [0.2, 0.25) is 0 Å². The fraction of sp³-hybridized carbons (Fsp3) is 0.952. The Morgan fingerprint density at radius 3 is 0.673 bits per heavy atom. The zero-order valence-corrected chi connectivity index (χ0v) is 33.7. The molecule has 10 nitrogen and oxygen atoms in total. The quantitative estimate of drug-likeness (QED) is 0.0284. The standard InChI is InChI=1S/2C18H36O2.C6H14O6/c2*1-2-3-4-5-6-7-8-9-10-11-12-13-14-15-16-17-18(19)20;7-1-3(9)5(11)6(12)4(10)2-8/h2*2-17H2,1H3,(H,19,20);3-12H,1-2H2/t;;3-,4+,5-,6-/m..1/s1. The minimum Gasteiger partial charge on any atom is -0.481 e. The highest BCUT2D eigenvalue weighted by Crippen LogP contribution is 2.15. The van der Waals surface area contributed by atoms with Crippen molar-refractivity contribution in [2.45, 2.75) is 244 Å². The molecule has 0 unspecified atom stereocenters. The van der Waals surface area contributed by atoms with Crippen molar-refractivity contribution < 1.29 is 50.4 Å². The van der Waals surface area contributed by atoms with Crippen LogP contribution in [0.1, 0.15) is 219 Å². The zero-order valence-electron chi connectivity index (χ0n) is 33.7. The topological polar surface area (TPSA) is 196 Å². The Morgan fingerprint density at radius 1 is 0.346 bits per heavy atom. The lowest BCUT2D eigenvalue weighted by molar-refractivity contribution is -0.138. The van der Waals surface area contributed by atoms with Crippen LogP contribution in [0.3, 0.4) is 0 Å². The molecule has 52 heavy (non-hydrogen) atoms. The summed E-state index contributed by atoms with van der Waals surface area (Å²) in [6, 6.07) is 0. The first-order valence-electron chi connectivity index (χ1n) is 21.5. The Bertz CT molecular complexity index is 650. The number of unbranched alkanes of at least 4 members (excludes halogenated alkanes) is 28. The van der Waals surface area contributed by atoms with Crippen LogP contribution in [0.15, 0.2) is 0 Å². The van der Waals surface area contributed by atoms with Gasteiger partial charge in [-0.25, -0.2) is 0 Å². The Kier molecular flexibility index (Phi) is 48.5. The Hall–Kier alpha value is -1.30. The molecule has 0 amide bonds. The molecule has 0 fully saturated rings. The molecule has 0 rings (SSSR count). The van der Waals surface area contributed by atoms with E-state index in [1.165, 1.54) is 167 Å². The smallest absolute Gasteiger partial charge is 0.303 e. The van der Waals surface area contributed by atoms with Gasteiger partial charge in [0.05, 0.1) is 13.2 Å². The summed E-state index contributed by atoms with van der Waals surface area (Å²) in [5, 5.41) is 69.2. The van der Waals surface area contributed by atoms with E-state index in [1.807, 2.05) is 0 Å². The van der Waals surface area contributed by atoms with E-state index >= 15 is 0 Å². The van der Waals surface area contributed by atoms with E-state index in [1.54, 1.807) is 0 Å². The van der Waals surface area contributed by atoms with Gasteiger partial charge in [-0.15, -0.1) is 0 Å². The molecule has 0 bridgehead atoms. The third-order valence-corrected chi connectivity index (χ3v) is 9.50. The molecule has 0 spiro atoms. The summed E-state index contributed by atoms with van der Waals surface area (Å²) >= 11 is 0. The lowest BCUT2D eigenvalue weighted by atomic mass is 10.0. The van der Waals surface area contributed by atoms with Gasteiger partial charge in [0.1, 0.15) is 24.4 Å². The first kappa shape index (κ1) is 55.0. The zero-order chi connectivity index (χ0) is 39.5. The Morgan fingerprint density at radius 2 is 0.519 bits per heavy atom. The third kappa shape index (κ3) is 46.7. The second-order valence-electron chi connectivity index (χ2n) is 14.7. The number of hydrogen-bond donors (Lipinski definition) is 8. The number of aliphatic carboxylic acids is 2. The van der Waals surface area contributed by atoms with Crippen LogP contribution in [0.25, 0.3) is 0 Å². The van der Waals surface area contributed by atoms with Crippen molar-refractivity contribution in [2.24, 2.45) is 0 Å². The monoisotopic (exact) mass is 751 g/mol. The van der Waals surface area contributed by atoms with Crippen molar-refractivity contribution in [3.8, 4) is 0 Å². The van der Waals surface area contributed by atoms with E-state index in [4.69, 9.17) is 40.9 Å². The van der Waals surface area contributed by atoms with E-state index in [-0.39, 0.29) is 0 Å². The molecule has 0 aliphatic carbocycles. The van der Waals surface area contributed by atoms with Gasteiger partial charge in [-0.2, -0.15) is 0 Å². The van der Waals surface area contributed by atoms with Crippen LogP contribution in [0.4, 0.5) is 0 Å². The van der Waals surface area contributed by atoms with Crippen molar-refractivity contribution in [2.75, 3.05) is 13.2 Å². The molecule has 0 saturated heterocycles. The van der Waals surface area contributed by atoms with Gasteiger partial charge in [-0.3, -0.25) is 9.59 Å². The summed E-state index contributed by atoms with van der Waals surface area (Å²) in [5.41, 5.74) is 0. The number of carbonyl (C=O) groups is 2. The lowest BCUT2D eigenvalue weighted by Crippen LogP contribution is -2.46. The molecule has 0 aromatic heterocycles. The van der Waals surface area contributed by atoms with Gasteiger partial charge >= 0.3 is 11.9 Å². The van der Waals surface area contributed by atoms with E-state index in [0.717, 1.165) is 25.7 Å². The van der Waals surface area contributed by atoms with E-state index in [2.05, 4.69) is 13.8 Å². The van der Waals surface area contributed by atoms with Crippen molar-refractivity contribution in [3.63, 3.8) is 0 Å². The first-order chi connectivity index (χ1) is 25.1. The lowest BCUT2D eigenvalue weighted by Gasteiger charge is -2.24. The van der Waals surface area contributed by atoms with Crippen LogP contribution in [-0.4, -0.2) is 90.4 Å². The molecule has 0 aliphatic rings. The summed E-state index contributed by atoms with van der Waals surface area (Å²) in [4.78, 5) is 20.7. The van der Waals surface area contributed by atoms with Gasteiger partial charge in [0.25, 0.3) is 0 Å². The normalized spacial score (nSPS) is 13.3. The molecule has 4 atom stereocenters. The molecular weight excluding hydrogens is 664 g/mol. The van der Waals surface area contributed by atoms with Crippen molar-refractivity contribution in [3.05, 3.63) is 0 Å². The molecule has 314 valence electrons. The second kappa shape index (κ2) is 45.9. The maximum atomic E-state index is 10.3. The van der Waals surface area contributed by atoms with E-state index in [0.29, 0.717) is 12.8 Å². The summed E-state index contributed by atoms with van der Waals surface area (Å²) < 4.78 is 0. The fourth-order valence-corrected chi connectivity index (χ4v) is 5.97. The SMILES string of the molecule is CCCCCCCCCCCCCCCCCC(=O)O.CCCCCCCCCCCCCCCCCC(=O)O.OC[C@@H](O)[C@@H](O)[C@H](O)[C@@H](O)CO. The highest BCUT2D eigenvalue weighted by molar-refractivity contribution is 5.66. The van der Waals surface area contributed by atoms with Crippen molar-refractivity contribution in [1.82, 2.24) is 0 Å². The number of hydrogen-bond acceptors (Lipinski definition) is 8. The number of aliphatic hydroxyl groups is 6. The van der Waals surface area contributed by atoms with Gasteiger partial charge in [0.2, 0.25) is 0 Å². The molecule has 0 radical (unpaired) electrons. The maximum absolute atomic E-state index is 10.3. The van der Waals surface area contributed by atoms with E-state index < -0.39 is 49.6 Å². The highest BCUT2D eigenvalue weighted by atomic mass is 16.4. The number of carboxylic acid groups (broad SMARTS) is 2. The number of rotatable bonds is 37. The van der Waals surface area contributed by atoms with Gasteiger partial charge in [0, 0.05) is 12.8 Å². The van der Waals surface area contributed by atoms with Crippen molar-refractivity contribution >= 4 is 11.9 Å². The van der Waals surface area contributed by atoms with Crippen molar-refractivity contribution in [1.29, 1.82) is 0 Å². The molecule has 8 N–H and O–H groups in total. The van der Waals surface area contributed by atoms with Gasteiger partial charge in [-0.1, -0.05) is 194 Å². The minimum absolute atomic E-state index is 0.345. The largest absolute Gasteiger partial charge is 0.481 e. The predicted octanol–water partition coefficient (Wildman–Crippen LogP) is 9.08. The molecule has 0 aromatic rings. The second-order valence-corrected chi connectivity index (χ2v) is 14.7. The minimum atomic E-state index is -1.67. The van der Waals surface area contributed by atoms with Gasteiger partial charge in [-0.05, 0) is 12.8 Å². The third-order valence-electron chi connectivity index (χ3n) is 9.50. The fourth-order valence-electron chi connectivity index (χ4n) is 5.97.